The van der Waals surface area contributed by atoms with Crippen LogP contribution < -0.4 is 11.1 Å². The van der Waals surface area contributed by atoms with Gasteiger partial charge in [-0.3, -0.25) is 4.79 Å². The largest absolute Gasteiger partial charge is 0.384 e. The Morgan fingerprint density at radius 1 is 1.40 bits per heavy atom. The van der Waals surface area contributed by atoms with Gasteiger partial charge in [-0.05, 0) is 24.1 Å². The zero-order chi connectivity index (χ0) is 14.5. The SMILES string of the molecule is CC(C)c1cc(C(=O)NCc2ccncn2)cc(N)n1. The van der Waals surface area contributed by atoms with Crippen LogP contribution in [0.2, 0.25) is 0 Å². The zero-order valence-electron chi connectivity index (χ0n) is 11.5. The Balaban J connectivity index is 2.09. The fraction of sp³-hybridized carbons (Fsp3) is 0.286. The lowest BCUT2D eigenvalue weighted by molar-refractivity contribution is 0.0950. The van der Waals surface area contributed by atoms with Crippen molar-refractivity contribution in [2.24, 2.45) is 0 Å². The Bertz CT molecular complexity index is 598. The van der Waals surface area contributed by atoms with Crippen molar-refractivity contribution in [3.05, 3.63) is 47.7 Å². The molecule has 0 aliphatic rings. The van der Waals surface area contributed by atoms with Gasteiger partial charge < -0.3 is 11.1 Å². The van der Waals surface area contributed by atoms with Gasteiger partial charge >= 0.3 is 0 Å². The molecule has 0 fully saturated rings. The van der Waals surface area contributed by atoms with Crippen molar-refractivity contribution in [1.82, 2.24) is 20.3 Å². The zero-order valence-corrected chi connectivity index (χ0v) is 11.5. The Morgan fingerprint density at radius 3 is 2.85 bits per heavy atom. The van der Waals surface area contributed by atoms with Gasteiger partial charge in [-0.15, -0.1) is 0 Å². The van der Waals surface area contributed by atoms with Gasteiger partial charge in [0.2, 0.25) is 0 Å². The van der Waals surface area contributed by atoms with Crippen molar-refractivity contribution in [3.63, 3.8) is 0 Å². The van der Waals surface area contributed by atoms with E-state index in [2.05, 4.69) is 20.3 Å². The van der Waals surface area contributed by atoms with Crippen LogP contribution in [0.25, 0.3) is 0 Å². The molecule has 6 nitrogen and oxygen atoms in total. The lowest BCUT2D eigenvalue weighted by Gasteiger charge is -2.09. The summed E-state index contributed by atoms with van der Waals surface area (Å²) in [5.74, 6) is 0.370. The number of nitrogen functional groups attached to an aromatic ring is 1. The molecular formula is C14H17N5O. The van der Waals surface area contributed by atoms with Crippen molar-refractivity contribution >= 4 is 11.7 Å². The van der Waals surface area contributed by atoms with Gasteiger partial charge in [0.1, 0.15) is 12.1 Å². The lowest BCUT2D eigenvalue weighted by Crippen LogP contribution is -2.24. The summed E-state index contributed by atoms with van der Waals surface area (Å²) >= 11 is 0. The Morgan fingerprint density at radius 2 is 2.20 bits per heavy atom. The maximum atomic E-state index is 12.1. The number of hydrogen-bond acceptors (Lipinski definition) is 5. The molecule has 1 amide bonds. The summed E-state index contributed by atoms with van der Waals surface area (Å²) in [6.07, 6.45) is 3.08. The highest BCUT2D eigenvalue weighted by Gasteiger charge is 2.10. The van der Waals surface area contributed by atoms with Gasteiger partial charge in [-0.1, -0.05) is 13.8 Å². The van der Waals surface area contributed by atoms with Crippen LogP contribution in [-0.4, -0.2) is 20.9 Å². The molecule has 20 heavy (non-hydrogen) atoms. The molecule has 2 rings (SSSR count). The highest BCUT2D eigenvalue weighted by molar-refractivity contribution is 5.94. The van der Waals surface area contributed by atoms with E-state index < -0.39 is 0 Å². The highest BCUT2D eigenvalue weighted by Crippen LogP contribution is 2.16. The smallest absolute Gasteiger partial charge is 0.251 e. The second-order valence-electron chi connectivity index (χ2n) is 4.74. The van der Waals surface area contributed by atoms with E-state index in [-0.39, 0.29) is 11.8 Å². The molecule has 3 N–H and O–H groups in total. The Kier molecular flexibility index (Phi) is 4.24. The molecule has 2 heterocycles. The minimum Gasteiger partial charge on any atom is -0.384 e. The van der Waals surface area contributed by atoms with Crippen LogP contribution in [0, 0.1) is 0 Å². The maximum absolute atomic E-state index is 12.1. The third-order valence-corrected chi connectivity index (χ3v) is 2.79. The van der Waals surface area contributed by atoms with E-state index in [4.69, 9.17) is 5.73 Å². The molecular weight excluding hydrogens is 254 g/mol. The van der Waals surface area contributed by atoms with E-state index in [1.807, 2.05) is 13.8 Å². The molecule has 0 saturated carbocycles. The molecule has 0 aliphatic heterocycles. The van der Waals surface area contributed by atoms with Crippen LogP contribution in [0.5, 0.6) is 0 Å². The first-order valence-corrected chi connectivity index (χ1v) is 6.37. The number of hydrogen-bond donors (Lipinski definition) is 2. The maximum Gasteiger partial charge on any atom is 0.251 e. The third kappa shape index (κ3) is 3.50. The van der Waals surface area contributed by atoms with Crippen LogP contribution in [0.4, 0.5) is 5.82 Å². The molecule has 0 spiro atoms. The number of amides is 1. The van der Waals surface area contributed by atoms with Gasteiger partial charge in [0.15, 0.2) is 0 Å². The number of aromatic nitrogens is 3. The Hall–Kier alpha value is -2.50. The number of carbonyl (C=O) groups excluding carboxylic acids is 1. The molecule has 0 radical (unpaired) electrons. The minimum atomic E-state index is -0.195. The van der Waals surface area contributed by atoms with Crippen molar-refractivity contribution < 1.29 is 4.79 Å². The van der Waals surface area contributed by atoms with E-state index in [0.717, 1.165) is 11.4 Å². The normalized spacial score (nSPS) is 10.6. The van der Waals surface area contributed by atoms with Crippen LogP contribution in [0.3, 0.4) is 0 Å². The summed E-state index contributed by atoms with van der Waals surface area (Å²) in [5, 5.41) is 2.80. The van der Waals surface area contributed by atoms with Crippen LogP contribution in [0.1, 0.15) is 41.5 Å². The molecule has 0 bridgehead atoms. The number of nitrogens with two attached hydrogens (primary N) is 1. The number of nitrogens with zero attached hydrogens (tertiary/aromatic N) is 3. The summed E-state index contributed by atoms with van der Waals surface area (Å²) in [7, 11) is 0. The standard InChI is InChI=1S/C14H17N5O/c1-9(2)12-5-10(6-13(15)19-12)14(20)17-7-11-3-4-16-8-18-11/h3-6,8-9H,7H2,1-2H3,(H2,15,19)(H,17,20). The van der Waals surface area contributed by atoms with E-state index in [1.54, 1.807) is 24.4 Å². The Labute approximate surface area is 117 Å². The minimum absolute atomic E-state index is 0.195. The predicted octanol–water partition coefficient (Wildman–Crippen LogP) is 1.51. The third-order valence-electron chi connectivity index (χ3n) is 2.79. The predicted molar refractivity (Wildman–Crippen MR) is 75.9 cm³/mol. The molecule has 104 valence electrons. The highest BCUT2D eigenvalue weighted by atomic mass is 16.1. The molecule has 2 aromatic rings. The van der Waals surface area contributed by atoms with Gasteiger partial charge in [-0.25, -0.2) is 15.0 Å². The monoisotopic (exact) mass is 271 g/mol. The molecule has 0 saturated heterocycles. The van der Waals surface area contributed by atoms with E-state index in [9.17, 15) is 4.79 Å². The summed E-state index contributed by atoms with van der Waals surface area (Å²) in [6, 6.07) is 5.08. The summed E-state index contributed by atoms with van der Waals surface area (Å²) < 4.78 is 0. The molecule has 0 unspecified atom stereocenters. The number of nitrogens with one attached hydrogen (secondary N) is 1. The van der Waals surface area contributed by atoms with E-state index in [0.29, 0.717) is 17.9 Å². The number of anilines is 1. The van der Waals surface area contributed by atoms with Crippen LogP contribution >= 0.6 is 0 Å². The van der Waals surface area contributed by atoms with Gasteiger partial charge in [0.05, 0.1) is 12.2 Å². The van der Waals surface area contributed by atoms with Gasteiger partial charge in [-0.2, -0.15) is 0 Å². The molecule has 0 aliphatic carbocycles. The second-order valence-corrected chi connectivity index (χ2v) is 4.74. The molecule has 6 heteroatoms. The van der Waals surface area contributed by atoms with Gasteiger partial charge in [0.25, 0.3) is 5.91 Å². The molecule has 0 atom stereocenters. The van der Waals surface area contributed by atoms with Gasteiger partial charge in [0, 0.05) is 17.5 Å². The average Bonchev–Trinajstić information content (AvgIpc) is 2.45. The van der Waals surface area contributed by atoms with Crippen molar-refractivity contribution in [2.75, 3.05) is 5.73 Å². The lowest BCUT2D eigenvalue weighted by atomic mass is 10.1. The first kappa shape index (κ1) is 13.9. The summed E-state index contributed by atoms with van der Waals surface area (Å²) in [4.78, 5) is 24.2. The fourth-order valence-electron chi connectivity index (χ4n) is 1.70. The number of rotatable bonds is 4. The molecule has 2 aromatic heterocycles. The molecule has 0 aromatic carbocycles. The van der Waals surface area contributed by atoms with Crippen LogP contribution in [-0.2, 0) is 6.54 Å². The summed E-state index contributed by atoms with van der Waals surface area (Å²) in [6.45, 7) is 4.36. The van der Waals surface area contributed by atoms with Crippen LogP contribution in [0.15, 0.2) is 30.7 Å². The topological polar surface area (TPSA) is 93.8 Å². The second kappa shape index (κ2) is 6.10. The fourth-order valence-corrected chi connectivity index (χ4v) is 1.70. The first-order chi connectivity index (χ1) is 9.56. The number of carbonyl (C=O) groups is 1. The average molecular weight is 271 g/mol. The first-order valence-electron chi connectivity index (χ1n) is 6.37. The van der Waals surface area contributed by atoms with E-state index in [1.165, 1.54) is 6.33 Å². The number of pyridine rings is 1. The van der Waals surface area contributed by atoms with Crippen molar-refractivity contribution in [2.45, 2.75) is 26.3 Å². The van der Waals surface area contributed by atoms with Crippen molar-refractivity contribution in [1.29, 1.82) is 0 Å². The van der Waals surface area contributed by atoms with Crippen molar-refractivity contribution in [3.8, 4) is 0 Å². The quantitative estimate of drug-likeness (QED) is 0.879. The van der Waals surface area contributed by atoms with E-state index >= 15 is 0 Å². The summed E-state index contributed by atoms with van der Waals surface area (Å²) in [5.41, 5.74) is 7.79.